The van der Waals surface area contributed by atoms with Crippen LogP contribution in [0.25, 0.3) is 0 Å². The summed E-state index contributed by atoms with van der Waals surface area (Å²) in [6.07, 6.45) is 3.91. The van der Waals surface area contributed by atoms with E-state index in [0.717, 1.165) is 0 Å². The molecule has 0 aliphatic carbocycles. The Morgan fingerprint density at radius 3 is 2.59 bits per heavy atom. The van der Waals surface area contributed by atoms with Crippen molar-refractivity contribution in [1.82, 2.24) is 5.32 Å². The molecule has 0 spiro atoms. The molecular formula is C15H18N4O3. The number of amides is 3. The number of nitrogens with one attached hydrogen (secondary N) is 2. The summed E-state index contributed by atoms with van der Waals surface area (Å²) in [6, 6.07) is 6.18. The fraction of sp³-hybridized carbons (Fsp3) is 0.267. The van der Waals surface area contributed by atoms with Crippen LogP contribution in [0.1, 0.15) is 13.3 Å². The Kier molecular flexibility index (Phi) is 4.45. The number of anilines is 1. The van der Waals surface area contributed by atoms with Gasteiger partial charge in [-0.25, -0.2) is 4.79 Å². The van der Waals surface area contributed by atoms with Crippen molar-refractivity contribution in [2.24, 2.45) is 10.7 Å². The molecule has 1 aromatic rings. The Morgan fingerprint density at radius 2 is 2.00 bits per heavy atom. The molecule has 2 rings (SSSR count). The zero-order valence-electron chi connectivity index (χ0n) is 12.4. The summed E-state index contributed by atoms with van der Waals surface area (Å²) in [5.41, 5.74) is 5.29. The number of primary amides is 1. The highest BCUT2D eigenvalue weighted by Crippen LogP contribution is 2.27. The first-order valence-corrected chi connectivity index (χ1v) is 6.75. The fourth-order valence-electron chi connectivity index (χ4n) is 2.05. The van der Waals surface area contributed by atoms with Crippen molar-refractivity contribution in [3.05, 3.63) is 36.0 Å². The third kappa shape index (κ3) is 3.85. The number of ether oxygens (including phenoxy) is 1. The van der Waals surface area contributed by atoms with Gasteiger partial charge in [-0.05, 0) is 37.3 Å². The topological polar surface area (TPSA) is 106 Å². The van der Waals surface area contributed by atoms with Gasteiger partial charge in [0.15, 0.2) is 0 Å². The molecule has 1 aliphatic heterocycles. The van der Waals surface area contributed by atoms with Gasteiger partial charge in [0.1, 0.15) is 17.0 Å². The van der Waals surface area contributed by atoms with Gasteiger partial charge in [0, 0.05) is 25.4 Å². The molecule has 0 saturated heterocycles. The highest BCUT2D eigenvalue weighted by Gasteiger charge is 2.28. The monoisotopic (exact) mass is 302 g/mol. The van der Waals surface area contributed by atoms with E-state index in [9.17, 15) is 9.59 Å². The maximum atomic E-state index is 11.7. The standard InChI is InChI=1S/C15H18N4O3/c1-15(7-8-18-12(9-15)13(20)17-2)22-11-5-3-10(4-6-11)19-14(16)21/h3-6,8-9H,7H2,1-2H3,(H,17,20)(H3,16,19,21). The van der Waals surface area contributed by atoms with E-state index in [1.165, 1.54) is 0 Å². The lowest BCUT2D eigenvalue weighted by molar-refractivity contribution is -0.117. The smallest absolute Gasteiger partial charge is 0.316 e. The molecule has 1 heterocycles. The summed E-state index contributed by atoms with van der Waals surface area (Å²) in [5, 5.41) is 5.01. The van der Waals surface area contributed by atoms with Crippen LogP contribution in [0.4, 0.5) is 10.5 Å². The lowest BCUT2D eigenvalue weighted by atomic mass is 9.98. The van der Waals surface area contributed by atoms with Crippen molar-refractivity contribution >= 4 is 23.8 Å². The number of likely N-dealkylation sites (N-methyl/N-ethyl adjacent to an activating group) is 1. The van der Waals surface area contributed by atoms with Crippen LogP contribution in [0.15, 0.2) is 41.0 Å². The third-order valence-electron chi connectivity index (χ3n) is 3.10. The molecule has 7 nitrogen and oxygen atoms in total. The second kappa shape index (κ2) is 6.30. The highest BCUT2D eigenvalue weighted by molar-refractivity contribution is 5.95. The van der Waals surface area contributed by atoms with Gasteiger partial charge in [-0.3, -0.25) is 9.79 Å². The number of rotatable bonds is 4. The maximum Gasteiger partial charge on any atom is 0.316 e. The van der Waals surface area contributed by atoms with E-state index in [2.05, 4.69) is 15.6 Å². The number of carbonyl (C=O) groups is 2. The van der Waals surface area contributed by atoms with Crippen LogP contribution in [0, 0.1) is 0 Å². The number of urea groups is 1. The molecule has 4 N–H and O–H groups in total. The zero-order chi connectivity index (χ0) is 16.2. The van der Waals surface area contributed by atoms with Crippen molar-refractivity contribution < 1.29 is 14.3 Å². The summed E-state index contributed by atoms with van der Waals surface area (Å²) in [7, 11) is 1.55. The second-order valence-corrected chi connectivity index (χ2v) is 5.05. The van der Waals surface area contributed by atoms with Crippen LogP contribution in [-0.4, -0.2) is 30.8 Å². The molecule has 0 aromatic heterocycles. The van der Waals surface area contributed by atoms with Crippen molar-refractivity contribution in [1.29, 1.82) is 0 Å². The number of carbonyl (C=O) groups excluding carboxylic acids is 2. The average molecular weight is 302 g/mol. The minimum atomic E-state index is -0.664. The van der Waals surface area contributed by atoms with E-state index in [-0.39, 0.29) is 5.91 Å². The lowest BCUT2D eigenvalue weighted by Gasteiger charge is -2.29. The first-order valence-electron chi connectivity index (χ1n) is 6.75. The number of benzene rings is 1. The van der Waals surface area contributed by atoms with Crippen LogP contribution in [0.2, 0.25) is 0 Å². The van der Waals surface area contributed by atoms with E-state index in [1.54, 1.807) is 43.6 Å². The molecule has 0 radical (unpaired) electrons. The van der Waals surface area contributed by atoms with Crippen molar-refractivity contribution in [2.75, 3.05) is 12.4 Å². The van der Waals surface area contributed by atoms with E-state index in [0.29, 0.717) is 23.6 Å². The second-order valence-electron chi connectivity index (χ2n) is 5.05. The van der Waals surface area contributed by atoms with Crippen molar-refractivity contribution in [3.8, 4) is 5.75 Å². The Balaban J connectivity index is 2.12. The number of hydrogen-bond donors (Lipinski definition) is 3. The van der Waals surface area contributed by atoms with Crippen molar-refractivity contribution in [2.45, 2.75) is 18.9 Å². The molecule has 0 saturated carbocycles. The predicted molar refractivity (Wildman–Crippen MR) is 83.9 cm³/mol. The number of nitrogens with two attached hydrogens (primary N) is 1. The average Bonchev–Trinajstić information content (AvgIpc) is 2.47. The molecule has 3 amide bonds. The zero-order valence-corrected chi connectivity index (χ0v) is 12.4. The van der Waals surface area contributed by atoms with Gasteiger partial charge in [-0.2, -0.15) is 0 Å². The predicted octanol–water partition coefficient (Wildman–Crippen LogP) is 1.42. The van der Waals surface area contributed by atoms with Crippen LogP contribution < -0.4 is 21.1 Å². The van der Waals surface area contributed by atoms with Crippen molar-refractivity contribution in [3.63, 3.8) is 0 Å². The van der Waals surface area contributed by atoms with Gasteiger partial charge >= 0.3 is 6.03 Å². The molecular weight excluding hydrogens is 284 g/mol. The first kappa shape index (κ1) is 15.6. The first-order chi connectivity index (χ1) is 10.4. The molecule has 1 unspecified atom stereocenters. The van der Waals surface area contributed by atoms with Crippen LogP contribution in [-0.2, 0) is 4.79 Å². The molecule has 116 valence electrons. The quantitative estimate of drug-likeness (QED) is 0.783. The van der Waals surface area contributed by atoms with Gasteiger partial charge in [-0.15, -0.1) is 0 Å². The summed E-state index contributed by atoms with van der Waals surface area (Å²) in [4.78, 5) is 26.5. The SMILES string of the molecule is CNC(=O)C1=CC(C)(Oc2ccc(NC(N)=O)cc2)CC=N1. The van der Waals surface area contributed by atoms with E-state index >= 15 is 0 Å². The number of hydrogen-bond acceptors (Lipinski definition) is 4. The molecule has 0 bridgehead atoms. The van der Waals surface area contributed by atoms with Gasteiger partial charge in [0.2, 0.25) is 0 Å². The Hall–Kier alpha value is -2.83. The number of nitrogens with zero attached hydrogens (tertiary/aromatic N) is 1. The van der Waals surface area contributed by atoms with Crippen LogP contribution in [0.5, 0.6) is 5.75 Å². The minimum Gasteiger partial charge on any atom is -0.483 e. The Labute approximate surface area is 128 Å². The summed E-state index contributed by atoms with van der Waals surface area (Å²) in [6.45, 7) is 1.87. The van der Waals surface area contributed by atoms with Gasteiger partial charge in [0.05, 0.1) is 0 Å². The van der Waals surface area contributed by atoms with Gasteiger partial charge in [-0.1, -0.05) is 0 Å². The Morgan fingerprint density at radius 1 is 1.32 bits per heavy atom. The summed E-state index contributed by atoms with van der Waals surface area (Å²) in [5.74, 6) is 0.354. The lowest BCUT2D eigenvalue weighted by Crippen LogP contribution is -2.34. The molecule has 1 aromatic carbocycles. The minimum absolute atomic E-state index is 0.258. The molecule has 22 heavy (non-hydrogen) atoms. The highest BCUT2D eigenvalue weighted by atomic mass is 16.5. The summed E-state index contributed by atoms with van der Waals surface area (Å²) >= 11 is 0. The van der Waals surface area contributed by atoms with Crippen LogP contribution >= 0.6 is 0 Å². The molecule has 0 fully saturated rings. The van der Waals surface area contributed by atoms with E-state index in [1.807, 2.05) is 6.92 Å². The third-order valence-corrected chi connectivity index (χ3v) is 3.10. The molecule has 7 heteroatoms. The Bertz CT molecular complexity index is 637. The fourth-order valence-corrected chi connectivity index (χ4v) is 2.05. The normalized spacial score (nSPS) is 20.0. The van der Waals surface area contributed by atoms with Crippen LogP contribution in [0.3, 0.4) is 0 Å². The molecule has 1 atom stereocenters. The van der Waals surface area contributed by atoms with E-state index < -0.39 is 11.6 Å². The van der Waals surface area contributed by atoms with Gasteiger partial charge < -0.3 is 21.1 Å². The summed E-state index contributed by atoms with van der Waals surface area (Å²) < 4.78 is 5.94. The largest absolute Gasteiger partial charge is 0.483 e. The maximum absolute atomic E-state index is 11.7. The molecule has 1 aliphatic rings. The number of aliphatic imine (C=N–C) groups is 1. The van der Waals surface area contributed by atoms with E-state index in [4.69, 9.17) is 10.5 Å². The van der Waals surface area contributed by atoms with Gasteiger partial charge in [0.25, 0.3) is 5.91 Å².